The SMILES string of the molecule is CCNCc1cnnn1-c1ccc2c(c1)COC2. The number of nitrogens with one attached hydrogen (secondary N) is 1. The number of aromatic nitrogens is 3. The summed E-state index contributed by atoms with van der Waals surface area (Å²) in [4.78, 5) is 0. The summed E-state index contributed by atoms with van der Waals surface area (Å²) in [5.74, 6) is 0. The fourth-order valence-electron chi connectivity index (χ4n) is 2.14. The van der Waals surface area contributed by atoms with Gasteiger partial charge in [0.2, 0.25) is 0 Å². The fourth-order valence-corrected chi connectivity index (χ4v) is 2.14. The molecule has 5 heteroatoms. The Hall–Kier alpha value is -1.72. The third-order valence-corrected chi connectivity index (χ3v) is 3.13. The molecule has 1 aromatic heterocycles. The van der Waals surface area contributed by atoms with Crippen LogP contribution in [0.5, 0.6) is 0 Å². The molecule has 0 unspecified atom stereocenters. The van der Waals surface area contributed by atoms with Gasteiger partial charge < -0.3 is 10.1 Å². The molecule has 2 heterocycles. The molecule has 1 N–H and O–H groups in total. The number of benzene rings is 1. The van der Waals surface area contributed by atoms with Crippen LogP contribution in [0.3, 0.4) is 0 Å². The summed E-state index contributed by atoms with van der Waals surface area (Å²) in [6.07, 6.45) is 1.80. The second-order valence-corrected chi connectivity index (χ2v) is 4.36. The number of ether oxygens (including phenoxy) is 1. The van der Waals surface area contributed by atoms with Gasteiger partial charge in [0, 0.05) is 6.54 Å². The molecule has 1 aliphatic heterocycles. The first-order chi connectivity index (χ1) is 8.88. The first-order valence-corrected chi connectivity index (χ1v) is 6.18. The molecule has 0 aliphatic carbocycles. The largest absolute Gasteiger partial charge is 0.372 e. The standard InChI is InChI=1S/C13H16N4O/c1-2-14-6-13-7-15-16-17(13)12-4-3-10-8-18-9-11(10)5-12/h3-5,7,14H,2,6,8-9H2,1H3. The van der Waals surface area contributed by atoms with Gasteiger partial charge in [-0.15, -0.1) is 5.10 Å². The highest BCUT2D eigenvalue weighted by Crippen LogP contribution is 2.22. The van der Waals surface area contributed by atoms with Gasteiger partial charge in [0.1, 0.15) is 0 Å². The van der Waals surface area contributed by atoms with E-state index in [-0.39, 0.29) is 0 Å². The molecule has 0 saturated heterocycles. The zero-order valence-electron chi connectivity index (χ0n) is 10.4. The van der Waals surface area contributed by atoms with Gasteiger partial charge in [0.05, 0.1) is 30.8 Å². The Kier molecular flexibility index (Phi) is 3.08. The number of rotatable bonds is 4. The van der Waals surface area contributed by atoms with E-state index in [0.717, 1.165) is 31.1 Å². The summed E-state index contributed by atoms with van der Waals surface area (Å²) in [6, 6.07) is 6.31. The van der Waals surface area contributed by atoms with Crippen LogP contribution in [0.15, 0.2) is 24.4 Å². The molecule has 18 heavy (non-hydrogen) atoms. The maximum atomic E-state index is 5.42. The molecule has 1 aromatic carbocycles. The maximum absolute atomic E-state index is 5.42. The topological polar surface area (TPSA) is 52.0 Å². The van der Waals surface area contributed by atoms with Crippen molar-refractivity contribution in [1.82, 2.24) is 20.3 Å². The Morgan fingerprint density at radius 3 is 3.11 bits per heavy atom. The highest BCUT2D eigenvalue weighted by molar-refractivity contribution is 5.41. The van der Waals surface area contributed by atoms with E-state index in [1.165, 1.54) is 11.1 Å². The maximum Gasteiger partial charge on any atom is 0.0783 e. The van der Waals surface area contributed by atoms with Crippen molar-refractivity contribution in [3.63, 3.8) is 0 Å². The van der Waals surface area contributed by atoms with Gasteiger partial charge in [-0.1, -0.05) is 18.2 Å². The second-order valence-electron chi connectivity index (χ2n) is 4.36. The second kappa shape index (κ2) is 4.88. The molecule has 3 rings (SSSR count). The summed E-state index contributed by atoms with van der Waals surface area (Å²) in [7, 11) is 0. The van der Waals surface area contributed by atoms with Crippen molar-refractivity contribution in [2.75, 3.05) is 6.54 Å². The lowest BCUT2D eigenvalue weighted by atomic mass is 10.1. The molecule has 1 aliphatic rings. The van der Waals surface area contributed by atoms with Crippen LogP contribution in [-0.4, -0.2) is 21.5 Å². The van der Waals surface area contributed by atoms with E-state index in [1.807, 2.05) is 4.68 Å². The monoisotopic (exact) mass is 244 g/mol. The molecule has 94 valence electrons. The quantitative estimate of drug-likeness (QED) is 0.883. The van der Waals surface area contributed by atoms with E-state index in [2.05, 4.69) is 40.8 Å². The molecule has 0 saturated carbocycles. The molecule has 2 aromatic rings. The van der Waals surface area contributed by atoms with E-state index in [4.69, 9.17) is 4.74 Å². The number of hydrogen-bond acceptors (Lipinski definition) is 4. The normalized spacial score (nSPS) is 13.8. The van der Waals surface area contributed by atoms with E-state index >= 15 is 0 Å². The van der Waals surface area contributed by atoms with Crippen LogP contribution in [0.4, 0.5) is 0 Å². The molecule has 0 amide bonds. The van der Waals surface area contributed by atoms with Gasteiger partial charge in [-0.3, -0.25) is 0 Å². The summed E-state index contributed by atoms with van der Waals surface area (Å²) in [5.41, 5.74) is 4.63. The molecular weight excluding hydrogens is 228 g/mol. The van der Waals surface area contributed by atoms with E-state index < -0.39 is 0 Å². The summed E-state index contributed by atoms with van der Waals surface area (Å²) in [6.45, 7) is 5.21. The van der Waals surface area contributed by atoms with Gasteiger partial charge in [-0.2, -0.15) is 0 Å². The number of hydrogen-bond donors (Lipinski definition) is 1. The fraction of sp³-hybridized carbons (Fsp3) is 0.385. The van der Waals surface area contributed by atoms with Crippen LogP contribution < -0.4 is 5.32 Å². The molecule has 0 atom stereocenters. The molecule has 0 radical (unpaired) electrons. The lowest BCUT2D eigenvalue weighted by Gasteiger charge is -2.07. The Balaban J connectivity index is 1.92. The Bertz CT molecular complexity index is 550. The summed E-state index contributed by atoms with van der Waals surface area (Å²) < 4.78 is 7.30. The highest BCUT2D eigenvalue weighted by Gasteiger charge is 2.13. The van der Waals surface area contributed by atoms with Gasteiger partial charge in [-0.05, 0) is 29.8 Å². The van der Waals surface area contributed by atoms with Crippen LogP contribution >= 0.6 is 0 Å². The minimum absolute atomic E-state index is 0.695. The number of nitrogens with zero attached hydrogens (tertiary/aromatic N) is 3. The Morgan fingerprint density at radius 2 is 2.22 bits per heavy atom. The smallest absolute Gasteiger partial charge is 0.0783 e. The molecule has 5 nitrogen and oxygen atoms in total. The summed E-state index contributed by atoms with van der Waals surface area (Å²) in [5, 5.41) is 11.4. The third kappa shape index (κ3) is 2.02. The third-order valence-electron chi connectivity index (χ3n) is 3.13. The molecule has 0 fully saturated rings. The minimum atomic E-state index is 0.695. The minimum Gasteiger partial charge on any atom is -0.372 e. The lowest BCUT2D eigenvalue weighted by molar-refractivity contribution is 0.134. The lowest BCUT2D eigenvalue weighted by Crippen LogP contribution is -2.15. The Morgan fingerprint density at radius 1 is 1.33 bits per heavy atom. The van der Waals surface area contributed by atoms with Crippen LogP contribution in [0.1, 0.15) is 23.7 Å². The van der Waals surface area contributed by atoms with Crippen molar-refractivity contribution >= 4 is 0 Å². The number of fused-ring (bicyclic) bond motifs is 1. The molecule has 0 spiro atoms. The Labute approximate surface area is 106 Å². The van der Waals surface area contributed by atoms with Crippen molar-refractivity contribution in [1.29, 1.82) is 0 Å². The van der Waals surface area contributed by atoms with Gasteiger partial charge in [-0.25, -0.2) is 4.68 Å². The zero-order chi connectivity index (χ0) is 12.4. The summed E-state index contributed by atoms with van der Waals surface area (Å²) >= 11 is 0. The zero-order valence-corrected chi connectivity index (χ0v) is 10.4. The average Bonchev–Trinajstić information content (AvgIpc) is 3.03. The van der Waals surface area contributed by atoms with Gasteiger partial charge >= 0.3 is 0 Å². The van der Waals surface area contributed by atoms with Crippen molar-refractivity contribution in [2.45, 2.75) is 26.7 Å². The van der Waals surface area contributed by atoms with E-state index in [0.29, 0.717) is 6.61 Å². The highest BCUT2D eigenvalue weighted by atomic mass is 16.5. The van der Waals surface area contributed by atoms with Gasteiger partial charge in [0.15, 0.2) is 0 Å². The first-order valence-electron chi connectivity index (χ1n) is 6.18. The van der Waals surface area contributed by atoms with Crippen molar-refractivity contribution in [3.8, 4) is 5.69 Å². The molecule has 0 bridgehead atoms. The van der Waals surface area contributed by atoms with Crippen molar-refractivity contribution in [2.24, 2.45) is 0 Å². The molecular formula is C13H16N4O. The van der Waals surface area contributed by atoms with Crippen LogP contribution in [0.2, 0.25) is 0 Å². The predicted octanol–water partition coefficient (Wildman–Crippen LogP) is 1.41. The van der Waals surface area contributed by atoms with Gasteiger partial charge in [0.25, 0.3) is 0 Å². The predicted molar refractivity (Wildman–Crippen MR) is 67.2 cm³/mol. The van der Waals surface area contributed by atoms with Crippen LogP contribution in [0.25, 0.3) is 5.69 Å². The average molecular weight is 244 g/mol. The van der Waals surface area contributed by atoms with Crippen molar-refractivity contribution in [3.05, 3.63) is 41.2 Å². The van der Waals surface area contributed by atoms with E-state index in [9.17, 15) is 0 Å². The van der Waals surface area contributed by atoms with Crippen LogP contribution in [-0.2, 0) is 24.5 Å². The first kappa shape index (κ1) is 11.4. The van der Waals surface area contributed by atoms with E-state index in [1.54, 1.807) is 6.20 Å². The van der Waals surface area contributed by atoms with Crippen LogP contribution in [0, 0.1) is 0 Å². The van der Waals surface area contributed by atoms with Crippen molar-refractivity contribution < 1.29 is 4.74 Å².